The summed E-state index contributed by atoms with van der Waals surface area (Å²) in [7, 11) is 0. The number of amidine groups is 1. The highest BCUT2D eigenvalue weighted by Crippen LogP contribution is 1.99. The highest BCUT2D eigenvalue weighted by Gasteiger charge is 1.86. The van der Waals surface area contributed by atoms with Crippen molar-refractivity contribution in [2.75, 3.05) is 6.54 Å². The van der Waals surface area contributed by atoms with Gasteiger partial charge in [0, 0.05) is 0 Å². The van der Waals surface area contributed by atoms with Crippen molar-refractivity contribution in [3.63, 3.8) is 0 Å². The van der Waals surface area contributed by atoms with E-state index in [-0.39, 0.29) is 0 Å². The van der Waals surface area contributed by atoms with Crippen LogP contribution in [-0.2, 0) is 6.54 Å². The molecular formula is C13H23N3. The molecule has 16 heavy (non-hydrogen) atoms. The molecule has 0 aromatic heterocycles. The highest BCUT2D eigenvalue weighted by atomic mass is 14.8. The third-order valence-electron chi connectivity index (χ3n) is 1.91. The molecule has 1 rings (SSSR count). The third kappa shape index (κ3) is 9.21. The predicted molar refractivity (Wildman–Crippen MR) is 71.4 cm³/mol. The standard InChI is InChI=1S/C9H12N2.C4H11N/c1-8(10)11-7-9-5-3-2-4-6-9;1-2-3-4-5/h2-6H,7H2,1H3,(H2,10,11);2-5H2,1H3. The first kappa shape index (κ1) is 14.6. The molecule has 0 atom stereocenters. The van der Waals surface area contributed by atoms with Crippen LogP contribution < -0.4 is 11.5 Å². The first-order valence-corrected chi connectivity index (χ1v) is 5.71. The molecule has 3 nitrogen and oxygen atoms in total. The summed E-state index contributed by atoms with van der Waals surface area (Å²) in [6.45, 7) is 5.45. The van der Waals surface area contributed by atoms with Gasteiger partial charge in [-0.05, 0) is 25.5 Å². The van der Waals surface area contributed by atoms with Gasteiger partial charge in [0.05, 0.1) is 12.4 Å². The lowest BCUT2D eigenvalue weighted by Crippen LogP contribution is -2.05. The van der Waals surface area contributed by atoms with Gasteiger partial charge in [-0.25, -0.2) is 0 Å². The van der Waals surface area contributed by atoms with Crippen LogP contribution in [-0.4, -0.2) is 12.4 Å². The van der Waals surface area contributed by atoms with Crippen LogP contribution in [0.2, 0.25) is 0 Å². The van der Waals surface area contributed by atoms with Crippen molar-refractivity contribution in [1.82, 2.24) is 0 Å². The molecule has 0 aliphatic heterocycles. The van der Waals surface area contributed by atoms with Gasteiger partial charge in [0.2, 0.25) is 0 Å². The van der Waals surface area contributed by atoms with E-state index in [1.165, 1.54) is 18.4 Å². The molecule has 0 heterocycles. The molecule has 3 heteroatoms. The molecule has 1 aromatic carbocycles. The van der Waals surface area contributed by atoms with Crippen molar-refractivity contribution in [2.45, 2.75) is 33.2 Å². The zero-order chi connectivity index (χ0) is 12.2. The van der Waals surface area contributed by atoms with Crippen molar-refractivity contribution in [1.29, 1.82) is 0 Å². The zero-order valence-corrected chi connectivity index (χ0v) is 10.3. The van der Waals surface area contributed by atoms with Gasteiger partial charge in [-0.2, -0.15) is 0 Å². The number of hydrogen-bond donors (Lipinski definition) is 2. The van der Waals surface area contributed by atoms with Crippen LogP contribution in [0.15, 0.2) is 35.3 Å². The zero-order valence-electron chi connectivity index (χ0n) is 10.3. The predicted octanol–water partition coefficient (Wildman–Crippen LogP) is 2.31. The van der Waals surface area contributed by atoms with Gasteiger partial charge in [-0.15, -0.1) is 0 Å². The number of hydrogen-bond acceptors (Lipinski definition) is 2. The number of benzene rings is 1. The van der Waals surface area contributed by atoms with E-state index in [2.05, 4.69) is 11.9 Å². The molecule has 1 aromatic rings. The number of unbranched alkanes of at least 4 members (excludes halogenated alkanes) is 1. The van der Waals surface area contributed by atoms with E-state index in [0.29, 0.717) is 12.4 Å². The molecule has 0 aliphatic carbocycles. The maximum atomic E-state index is 5.39. The fourth-order valence-corrected chi connectivity index (χ4v) is 1.00. The maximum Gasteiger partial charge on any atom is 0.0909 e. The van der Waals surface area contributed by atoms with Crippen molar-refractivity contribution >= 4 is 5.84 Å². The Kier molecular flexibility index (Phi) is 9.32. The molecule has 0 saturated carbocycles. The van der Waals surface area contributed by atoms with Crippen LogP contribution in [0.1, 0.15) is 32.3 Å². The first-order chi connectivity index (χ1) is 7.70. The minimum atomic E-state index is 0.633. The minimum absolute atomic E-state index is 0.633. The highest BCUT2D eigenvalue weighted by molar-refractivity contribution is 5.77. The van der Waals surface area contributed by atoms with Gasteiger partial charge in [0.25, 0.3) is 0 Å². The van der Waals surface area contributed by atoms with Crippen molar-refractivity contribution in [2.24, 2.45) is 16.5 Å². The summed E-state index contributed by atoms with van der Waals surface area (Å²) in [6, 6.07) is 10.1. The van der Waals surface area contributed by atoms with Crippen LogP contribution in [0.25, 0.3) is 0 Å². The Bertz CT molecular complexity index is 274. The molecule has 0 amide bonds. The van der Waals surface area contributed by atoms with Crippen molar-refractivity contribution in [3.05, 3.63) is 35.9 Å². The second-order valence-corrected chi connectivity index (χ2v) is 3.59. The molecule has 0 spiro atoms. The van der Waals surface area contributed by atoms with E-state index in [1.54, 1.807) is 6.92 Å². The van der Waals surface area contributed by atoms with Gasteiger partial charge in [0.15, 0.2) is 0 Å². The number of rotatable bonds is 4. The summed E-state index contributed by atoms with van der Waals surface area (Å²) in [6.07, 6.45) is 2.39. The summed E-state index contributed by atoms with van der Waals surface area (Å²) in [5.41, 5.74) is 11.7. The van der Waals surface area contributed by atoms with Crippen molar-refractivity contribution < 1.29 is 0 Å². The first-order valence-electron chi connectivity index (χ1n) is 5.71. The molecule has 90 valence electrons. The topological polar surface area (TPSA) is 64.4 Å². The fourth-order valence-electron chi connectivity index (χ4n) is 1.00. The molecule has 0 fully saturated rings. The summed E-state index contributed by atoms with van der Waals surface area (Å²) in [4.78, 5) is 4.09. The molecule has 0 aliphatic rings. The molecule has 0 unspecified atom stereocenters. The van der Waals surface area contributed by atoms with E-state index < -0.39 is 0 Å². The van der Waals surface area contributed by atoms with E-state index in [0.717, 1.165) is 6.54 Å². The average Bonchev–Trinajstić information content (AvgIpc) is 2.30. The minimum Gasteiger partial charge on any atom is -0.388 e. The van der Waals surface area contributed by atoms with Crippen LogP contribution in [0.5, 0.6) is 0 Å². The van der Waals surface area contributed by atoms with E-state index >= 15 is 0 Å². The smallest absolute Gasteiger partial charge is 0.0909 e. The Labute approximate surface area is 98.6 Å². The second kappa shape index (κ2) is 10.2. The molecule has 0 bridgehead atoms. The van der Waals surface area contributed by atoms with Gasteiger partial charge in [-0.1, -0.05) is 43.7 Å². The van der Waals surface area contributed by atoms with E-state index in [4.69, 9.17) is 11.5 Å². The third-order valence-corrected chi connectivity index (χ3v) is 1.91. The Hall–Kier alpha value is -1.35. The summed E-state index contributed by atoms with van der Waals surface area (Å²) in [5.74, 6) is 0.633. The summed E-state index contributed by atoms with van der Waals surface area (Å²) in [5, 5.41) is 0. The lowest BCUT2D eigenvalue weighted by molar-refractivity contribution is 0.807. The van der Waals surface area contributed by atoms with Crippen molar-refractivity contribution in [3.8, 4) is 0 Å². The summed E-state index contributed by atoms with van der Waals surface area (Å²) < 4.78 is 0. The van der Waals surface area contributed by atoms with Gasteiger partial charge < -0.3 is 11.5 Å². The Balaban J connectivity index is 0.000000385. The van der Waals surface area contributed by atoms with Gasteiger partial charge in [-0.3, -0.25) is 4.99 Å². The summed E-state index contributed by atoms with van der Waals surface area (Å²) >= 11 is 0. The van der Waals surface area contributed by atoms with E-state index in [1.807, 2.05) is 30.3 Å². The average molecular weight is 221 g/mol. The van der Waals surface area contributed by atoms with E-state index in [9.17, 15) is 0 Å². The van der Waals surface area contributed by atoms with Gasteiger partial charge >= 0.3 is 0 Å². The molecule has 4 N–H and O–H groups in total. The molecule has 0 saturated heterocycles. The SMILES string of the molecule is CC(N)=NCc1ccccc1.CCCCN. The Morgan fingerprint density at radius 3 is 2.25 bits per heavy atom. The number of nitrogens with zero attached hydrogens (tertiary/aromatic N) is 1. The Morgan fingerprint density at radius 2 is 1.88 bits per heavy atom. The Morgan fingerprint density at radius 1 is 1.25 bits per heavy atom. The molecular weight excluding hydrogens is 198 g/mol. The van der Waals surface area contributed by atoms with Gasteiger partial charge in [0.1, 0.15) is 0 Å². The van der Waals surface area contributed by atoms with Crippen LogP contribution in [0, 0.1) is 0 Å². The number of aliphatic imine (C=N–C) groups is 1. The number of nitrogens with two attached hydrogens (primary N) is 2. The quantitative estimate of drug-likeness (QED) is 0.605. The van der Waals surface area contributed by atoms with Crippen LogP contribution in [0.3, 0.4) is 0 Å². The van der Waals surface area contributed by atoms with Crippen LogP contribution >= 0.6 is 0 Å². The monoisotopic (exact) mass is 221 g/mol. The normalized spacial score (nSPS) is 10.6. The lowest BCUT2D eigenvalue weighted by Gasteiger charge is -1.94. The maximum absolute atomic E-state index is 5.39. The largest absolute Gasteiger partial charge is 0.388 e. The fraction of sp³-hybridized carbons (Fsp3) is 0.462. The second-order valence-electron chi connectivity index (χ2n) is 3.59. The van der Waals surface area contributed by atoms with Crippen LogP contribution in [0.4, 0.5) is 0 Å². The molecule has 0 radical (unpaired) electrons. The lowest BCUT2D eigenvalue weighted by atomic mass is 10.2.